The van der Waals surface area contributed by atoms with Gasteiger partial charge in [-0.15, -0.1) is 16.4 Å². The van der Waals surface area contributed by atoms with Crippen molar-refractivity contribution >= 4 is 11.3 Å². The zero-order valence-electron chi connectivity index (χ0n) is 14.1. The summed E-state index contributed by atoms with van der Waals surface area (Å²) in [5.41, 5.74) is 2.47. The lowest BCUT2D eigenvalue weighted by molar-refractivity contribution is -0.165. The first kappa shape index (κ1) is 18.5. The largest absolute Gasteiger partial charge is 0.410 e. The average Bonchev–Trinajstić information content (AvgIpc) is 3.32. The van der Waals surface area contributed by atoms with E-state index in [9.17, 15) is 13.2 Å². The molecule has 7 nitrogen and oxygen atoms in total. The van der Waals surface area contributed by atoms with E-state index >= 15 is 0 Å². The summed E-state index contributed by atoms with van der Waals surface area (Å²) in [4.78, 5) is 8.35. The number of hydrogen-bond acceptors (Lipinski definition) is 6. The third kappa shape index (κ3) is 3.93. The molecule has 26 heavy (non-hydrogen) atoms. The monoisotopic (exact) mass is 386 g/mol. The number of aromatic nitrogens is 6. The standard InChI is InChI=1S/C15H17F3N6OS/c1-3-25-5-4-23-7-11(6-20-23)14-21-13(12-8-26-9-19-12)22-24(14)10(2)15(16,17)18/h6-10H,3-5H2,1-2H3. The molecule has 0 bridgehead atoms. The van der Waals surface area contributed by atoms with Gasteiger partial charge < -0.3 is 4.74 Å². The van der Waals surface area contributed by atoms with Crippen LogP contribution in [0.25, 0.3) is 22.9 Å². The summed E-state index contributed by atoms with van der Waals surface area (Å²) in [5.74, 6) is 0.250. The fourth-order valence-corrected chi connectivity index (χ4v) is 2.79. The highest BCUT2D eigenvalue weighted by Gasteiger charge is 2.40. The highest BCUT2D eigenvalue weighted by molar-refractivity contribution is 7.07. The molecule has 0 aromatic carbocycles. The third-order valence-electron chi connectivity index (χ3n) is 3.69. The maximum atomic E-state index is 13.3. The molecule has 0 aliphatic rings. The van der Waals surface area contributed by atoms with Gasteiger partial charge in [-0.1, -0.05) is 0 Å². The van der Waals surface area contributed by atoms with Gasteiger partial charge in [-0.2, -0.15) is 18.3 Å². The second-order valence-corrected chi connectivity index (χ2v) is 6.20. The van der Waals surface area contributed by atoms with Gasteiger partial charge in [0.15, 0.2) is 5.82 Å². The molecule has 140 valence electrons. The summed E-state index contributed by atoms with van der Waals surface area (Å²) in [6.07, 6.45) is -1.35. The molecule has 0 amide bonds. The first-order chi connectivity index (χ1) is 12.4. The van der Waals surface area contributed by atoms with Crippen molar-refractivity contribution in [2.24, 2.45) is 0 Å². The number of rotatable bonds is 7. The van der Waals surface area contributed by atoms with Crippen LogP contribution in [0.1, 0.15) is 19.9 Å². The molecule has 0 N–H and O–H groups in total. The normalized spacial score (nSPS) is 13.3. The Morgan fingerprint density at radius 2 is 2.15 bits per heavy atom. The molecular formula is C15H17F3N6OS. The van der Waals surface area contributed by atoms with Gasteiger partial charge in [0, 0.05) is 18.2 Å². The summed E-state index contributed by atoms with van der Waals surface area (Å²) in [5, 5.41) is 9.90. The van der Waals surface area contributed by atoms with Gasteiger partial charge in [0.05, 0.1) is 30.4 Å². The van der Waals surface area contributed by atoms with E-state index in [1.807, 2.05) is 6.92 Å². The Labute approximate surface area is 151 Å². The van der Waals surface area contributed by atoms with Crippen LogP contribution < -0.4 is 0 Å². The minimum absolute atomic E-state index is 0.0977. The molecule has 3 heterocycles. The van der Waals surface area contributed by atoms with Crippen LogP contribution in [0.5, 0.6) is 0 Å². The number of ether oxygens (including phenoxy) is 1. The molecule has 3 rings (SSSR count). The third-order valence-corrected chi connectivity index (χ3v) is 4.28. The maximum absolute atomic E-state index is 13.3. The minimum atomic E-state index is -4.45. The van der Waals surface area contributed by atoms with Gasteiger partial charge in [-0.05, 0) is 13.8 Å². The summed E-state index contributed by atoms with van der Waals surface area (Å²) in [7, 11) is 0. The molecular weight excluding hydrogens is 369 g/mol. The Kier molecular flexibility index (Phi) is 5.37. The Balaban J connectivity index is 1.97. The predicted octanol–water partition coefficient (Wildman–Crippen LogP) is 3.42. The van der Waals surface area contributed by atoms with E-state index in [0.29, 0.717) is 31.0 Å². The van der Waals surface area contributed by atoms with Crippen molar-refractivity contribution in [1.29, 1.82) is 0 Å². The van der Waals surface area contributed by atoms with E-state index in [1.54, 1.807) is 21.8 Å². The van der Waals surface area contributed by atoms with Gasteiger partial charge in [0.2, 0.25) is 5.82 Å². The lowest BCUT2D eigenvalue weighted by Gasteiger charge is -2.17. The van der Waals surface area contributed by atoms with E-state index < -0.39 is 12.2 Å². The smallest absolute Gasteiger partial charge is 0.380 e. The van der Waals surface area contributed by atoms with Crippen molar-refractivity contribution in [3.63, 3.8) is 0 Å². The van der Waals surface area contributed by atoms with E-state index in [2.05, 4.69) is 20.2 Å². The van der Waals surface area contributed by atoms with E-state index in [1.165, 1.54) is 17.5 Å². The summed E-state index contributed by atoms with van der Waals surface area (Å²) in [6.45, 7) is 4.48. The van der Waals surface area contributed by atoms with Gasteiger partial charge in [-0.3, -0.25) is 4.68 Å². The highest BCUT2D eigenvalue weighted by atomic mass is 32.1. The Morgan fingerprint density at radius 3 is 2.81 bits per heavy atom. The first-order valence-electron chi connectivity index (χ1n) is 7.92. The van der Waals surface area contributed by atoms with E-state index in [4.69, 9.17) is 4.74 Å². The van der Waals surface area contributed by atoms with Gasteiger partial charge >= 0.3 is 6.18 Å². The molecule has 1 unspecified atom stereocenters. The molecule has 0 radical (unpaired) electrons. The molecule has 0 spiro atoms. The van der Waals surface area contributed by atoms with Gasteiger partial charge in [0.25, 0.3) is 0 Å². The molecule has 0 saturated carbocycles. The Bertz CT molecular complexity index is 842. The number of halogens is 3. The molecule has 0 saturated heterocycles. The first-order valence-corrected chi connectivity index (χ1v) is 8.86. The van der Waals surface area contributed by atoms with Gasteiger partial charge in [0.1, 0.15) is 11.7 Å². The fraction of sp³-hybridized carbons (Fsp3) is 0.467. The number of nitrogens with zero attached hydrogens (tertiary/aromatic N) is 6. The molecule has 0 aliphatic carbocycles. The predicted molar refractivity (Wildman–Crippen MR) is 89.6 cm³/mol. The van der Waals surface area contributed by atoms with Crippen LogP contribution in [-0.4, -0.2) is 48.9 Å². The zero-order chi connectivity index (χ0) is 18.7. The molecule has 3 aromatic rings. The van der Waals surface area contributed by atoms with Crippen molar-refractivity contribution in [1.82, 2.24) is 29.5 Å². The maximum Gasteiger partial charge on any atom is 0.410 e. The van der Waals surface area contributed by atoms with Gasteiger partial charge in [-0.25, -0.2) is 14.6 Å². The topological polar surface area (TPSA) is 70.7 Å². The van der Waals surface area contributed by atoms with E-state index in [-0.39, 0.29) is 11.6 Å². The Hall–Kier alpha value is -2.27. The summed E-state index contributed by atoms with van der Waals surface area (Å²) < 4.78 is 47.5. The Morgan fingerprint density at radius 1 is 1.35 bits per heavy atom. The van der Waals surface area contributed by atoms with Crippen LogP contribution in [0.3, 0.4) is 0 Å². The highest BCUT2D eigenvalue weighted by Crippen LogP contribution is 2.33. The quantitative estimate of drug-likeness (QED) is 0.582. The number of alkyl halides is 3. The molecule has 0 fully saturated rings. The molecule has 11 heteroatoms. The zero-order valence-corrected chi connectivity index (χ0v) is 15.0. The van der Waals surface area contributed by atoms with E-state index in [0.717, 1.165) is 11.6 Å². The second kappa shape index (κ2) is 7.54. The minimum Gasteiger partial charge on any atom is -0.380 e. The lowest BCUT2D eigenvalue weighted by atomic mass is 10.3. The van der Waals surface area contributed by atoms with Crippen molar-refractivity contribution in [2.45, 2.75) is 32.6 Å². The number of thiazole rings is 1. The molecule has 1 atom stereocenters. The number of hydrogen-bond donors (Lipinski definition) is 0. The summed E-state index contributed by atoms with van der Waals surface area (Å²) in [6, 6.07) is -1.83. The van der Waals surface area contributed by atoms with Crippen molar-refractivity contribution in [2.75, 3.05) is 13.2 Å². The van der Waals surface area contributed by atoms with Crippen LogP contribution in [0.4, 0.5) is 13.2 Å². The molecule has 0 aliphatic heterocycles. The van der Waals surface area contributed by atoms with Crippen LogP contribution in [0.2, 0.25) is 0 Å². The second-order valence-electron chi connectivity index (χ2n) is 5.48. The van der Waals surface area contributed by atoms with Crippen molar-refractivity contribution < 1.29 is 17.9 Å². The lowest BCUT2D eigenvalue weighted by Crippen LogP contribution is -2.25. The van der Waals surface area contributed by atoms with Crippen LogP contribution in [0, 0.1) is 0 Å². The van der Waals surface area contributed by atoms with Crippen molar-refractivity contribution in [3.8, 4) is 22.9 Å². The van der Waals surface area contributed by atoms with Crippen LogP contribution in [0.15, 0.2) is 23.3 Å². The summed E-state index contributed by atoms with van der Waals surface area (Å²) >= 11 is 1.32. The average molecular weight is 386 g/mol. The fourth-order valence-electron chi connectivity index (χ4n) is 2.26. The van der Waals surface area contributed by atoms with Crippen LogP contribution >= 0.6 is 11.3 Å². The van der Waals surface area contributed by atoms with Crippen LogP contribution in [-0.2, 0) is 11.3 Å². The molecule has 3 aromatic heterocycles. The van der Waals surface area contributed by atoms with Crippen molar-refractivity contribution in [3.05, 3.63) is 23.3 Å². The SMILES string of the molecule is CCOCCn1cc(-c2nc(-c3cscn3)nn2C(C)C(F)(F)F)cn1.